The molecule has 2 heteroatoms. The Labute approximate surface area is 178 Å². The summed E-state index contributed by atoms with van der Waals surface area (Å²) in [5.41, 5.74) is 8.60. The van der Waals surface area contributed by atoms with E-state index in [9.17, 15) is 0 Å². The molecular formula is C28H24N2. The molecule has 146 valence electrons. The Kier molecular flexibility index (Phi) is 4.48. The number of nitrogens with zero attached hydrogens (tertiary/aromatic N) is 2. The molecule has 4 aromatic carbocycles. The lowest BCUT2D eigenvalue weighted by Crippen LogP contribution is -2.15. The molecule has 0 fully saturated rings. The van der Waals surface area contributed by atoms with Crippen LogP contribution in [0.15, 0.2) is 108 Å². The zero-order chi connectivity index (χ0) is 20.6. The second kappa shape index (κ2) is 7.31. The van der Waals surface area contributed by atoms with Crippen LogP contribution in [-0.2, 0) is 5.41 Å². The molecule has 0 spiro atoms. The number of fused-ring (bicyclic) bond motifs is 3. The van der Waals surface area contributed by atoms with Crippen molar-refractivity contribution in [1.29, 1.82) is 0 Å². The number of hydrogen-bond donors (Lipinski definition) is 0. The maximum absolute atomic E-state index is 4.87. The van der Waals surface area contributed by atoms with E-state index >= 15 is 0 Å². The quantitative estimate of drug-likeness (QED) is 0.267. The van der Waals surface area contributed by atoms with Crippen molar-refractivity contribution < 1.29 is 0 Å². The molecule has 0 heterocycles. The van der Waals surface area contributed by atoms with Crippen LogP contribution in [0.25, 0.3) is 11.1 Å². The van der Waals surface area contributed by atoms with Gasteiger partial charge in [-0.3, -0.25) is 0 Å². The number of rotatable bonds is 4. The first-order chi connectivity index (χ1) is 14.6. The van der Waals surface area contributed by atoms with Gasteiger partial charge in [-0.25, -0.2) is 5.01 Å². The lowest BCUT2D eigenvalue weighted by molar-refractivity contribution is 0.660. The fraction of sp³-hybridized carbons (Fsp3) is 0.107. The zero-order valence-electron chi connectivity index (χ0n) is 17.3. The van der Waals surface area contributed by atoms with Gasteiger partial charge in [0.05, 0.1) is 17.6 Å². The number of benzene rings is 4. The van der Waals surface area contributed by atoms with Gasteiger partial charge in [0.1, 0.15) is 0 Å². The van der Waals surface area contributed by atoms with Gasteiger partial charge >= 0.3 is 0 Å². The first-order valence-corrected chi connectivity index (χ1v) is 10.3. The standard InChI is InChI=1S/C28H24N2/c1-28(2)26-16-10-9-15-24(26)25-18-17-21(19-27(25)28)20-29-30(22-11-5-3-6-12-22)23-13-7-4-8-14-23/h3-20H,1-2H3. The molecule has 0 N–H and O–H groups in total. The van der Waals surface area contributed by atoms with Gasteiger partial charge in [-0.15, -0.1) is 0 Å². The smallest absolute Gasteiger partial charge is 0.0652 e. The van der Waals surface area contributed by atoms with Crippen LogP contribution in [-0.4, -0.2) is 6.21 Å². The third-order valence-electron chi connectivity index (χ3n) is 5.93. The number of hydrazone groups is 1. The van der Waals surface area contributed by atoms with E-state index < -0.39 is 0 Å². The summed E-state index contributed by atoms with van der Waals surface area (Å²) < 4.78 is 0. The fourth-order valence-corrected chi connectivity index (χ4v) is 4.35. The van der Waals surface area contributed by atoms with Crippen molar-refractivity contribution in [3.63, 3.8) is 0 Å². The van der Waals surface area contributed by atoms with E-state index in [2.05, 4.69) is 80.6 Å². The van der Waals surface area contributed by atoms with Crippen LogP contribution in [0.3, 0.4) is 0 Å². The Morgan fingerprint density at radius 3 is 1.87 bits per heavy atom. The van der Waals surface area contributed by atoms with Crippen molar-refractivity contribution in [1.82, 2.24) is 0 Å². The van der Waals surface area contributed by atoms with Crippen LogP contribution < -0.4 is 5.01 Å². The monoisotopic (exact) mass is 388 g/mol. The predicted octanol–water partition coefficient (Wildman–Crippen LogP) is 7.17. The molecule has 4 aromatic rings. The minimum Gasteiger partial charge on any atom is -0.234 e. The highest BCUT2D eigenvalue weighted by atomic mass is 15.5. The fourth-order valence-electron chi connectivity index (χ4n) is 4.35. The van der Waals surface area contributed by atoms with Gasteiger partial charge in [0, 0.05) is 5.41 Å². The van der Waals surface area contributed by atoms with Gasteiger partial charge in [-0.1, -0.05) is 86.6 Å². The van der Waals surface area contributed by atoms with E-state index in [1.165, 1.54) is 22.3 Å². The van der Waals surface area contributed by atoms with Gasteiger partial charge in [-0.05, 0) is 58.1 Å². The summed E-state index contributed by atoms with van der Waals surface area (Å²) in [6.45, 7) is 4.61. The minimum absolute atomic E-state index is 0.00563. The van der Waals surface area contributed by atoms with E-state index in [1.807, 2.05) is 47.6 Å². The van der Waals surface area contributed by atoms with Crippen LogP contribution in [0, 0.1) is 0 Å². The summed E-state index contributed by atoms with van der Waals surface area (Å²) in [4.78, 5) is 0. The minimum atomic E-state index is -0.00563. The van der Waals surface area contributed by atoms with E-state index in [0.717, 1.165) is 16.9 Å². The van der Waals surface area contributed by atoms with Crippen molar-refractivity contribution in [3.05, 3.63) is 120 Å². The van der Waals surface area contributed by atoms with Gasteiger partial charge in [-0.2, -0.15) is 5.10 Å². The summed E-state index contributed by atoms with van der Waals surface area (Å²) in [5.74, 6) is 0. The molecule has 30 heavy (non-hydrogen) atoms. The average molecular weight is 389 g/mol. The number of anilines is 2. The second-order valence-electron chi connectivity index (χ2n) is 8.20. The van der Waals surface area contributed by atoms with Gasteiger partial charge in [0.2, 0.25) is 0 Å². The lowest BCUT2D eigenvalue weighted by Gasteiger charge is -2.22. The highest BCUT2D eigenvalue weighted by molar-refractivity contribution is 5.87. The van der Waals surface area contributed by atoms with Crippen LogP contribution in [0.4, 0.5) is 11.4 Å². The molecule has 0 radical (unpaired) electrons. The Morgan fingerprint density at radius 1 is 0.633 bits per heavy atom. The average Bonchev–Trinajstić information content (AvgIpc) is 3.02. The summed E-state index contributed by atoms with van der Waals surface area (Å²) in [6.07, 6.45) is 1.96. The van der Waals surface area contributed by atoms with Crippen LogP contribution >= 0.6 is 0 Å². The Morgan fingerprint density at radius 2 is 1.20 bits per heavy atom. The molecule has 0 bridgehead atoms. The summed E-state index contributed by atoms with van der Waals surface area (Å²) in [5, 5.41) is 6.84. The highest BCUT2D eigenvalue weighted by Crippen LogP contribution is 2.48. The third-order valence-corrected chi connectivity index (χ3v) is 5.93. The molecule has 0 aromatic heterocycles. The van der Waals surface area contributed by atoms with Crippen molar-refractivity contribution in [2.75, 3.05) is 5.01 Å². The highest BCUT2D eigenvalue weighted by Gasteiger charge is 2.34. The largest absolute Gasteiger partial charge is 0.234 e. The van der Waals surface area contributed by atoms with Crippen LogP contribution in [0.1, 0.15) is 30.5 Å². The second-order valence-corrected chi connectivity index (χ2v) is 8.20. The van der Waals surface area contributed by atoms with Gasteiger partial charge < -0.3 is 0 Å². The normalized spacial score (nSPS) is 13.8. The van der Waals surface area contributed by atoms with E-state index in [0.29, 0.717) is 0 Å². The number of hydrogen-bond acceptors (Lipinski definition) is 2. The SMILES string of the molecule is CC1(C)c2ccccc2-c2ccc(C=NN(c3ccccc3)c3ccccc3)cc21. The topological polar surface area (TPSA) is 15.6 Å². The van der Waals surface area contributed by atoms with Crippen molar-refractivity contribution >= 4 is 17.6 Å². The summed E-state index contributed by atoms with van der Waals surface area (Å²) in [6, 6.07) is 35.9. The Bertz CT molecular complexity index is 1170. The van der Waals surface area contributed by atoms with Crippen molar-refractivity contribution in [2.45, 2.75) is 19.3 Å². The molecule has 0 amide bonds. The maximum Gasteiger partial charge on any atom is 0.0652 e. The van der Waals surface area contributed by atoms with E-state index in [-0.39, 0.29) is 5.41 Å². The molecule has 0 atom stereocenters. The molecule has 1 aliphatic rings. The summed E-state index contributed by atoms with van der Waals surface area (Å²) in [7, 11) is 0. The molecule has 0 unspecified atom stereocenters. The zero-order valence-corrected chi connectivity index (χ0v) is 17.3. The van der Waals surface area contributed by atoms with Crippen LogP contribution in [0.5, 0.6) is 0 Å². The molecular weight excluding hydrogens is 364 g/mol. The molecule has 0 aliphatic heterocycles. The maximum atomic E-state index is 4.87. The van der Waals surface area contributed by atoms with Gasteiger partial charge in [0.25, 0.3) is 0 Å². The van der Waals surface area contributed by atoms with Crippen molar-refractivity contribution in [3.8, 4) is 11.1 Å². The molecule has 2 nitrogen and oxygen atoms in total. The summed E-state index contributed by atoms with van der Waals surface area (Å²) >= 11 is 0. The van der Waals surface area contributed by atoms with Crippen molar-refractivity contribution in [2.24, 2.45) is 5.10 Å². The number of para-hydroxylation sites is 2. The van der Waals surface area contributed by atoms with Gasteiger partial charge in [0.15, 0.2) is 0 Å². The Hall–Kier alpha value is -3.65. The molecule has 0 saturated carbocycles. The third kappa shape index (κ3) is 3.11. The van der Waals surface area contributed by atoms with Crippen LogP contribution in [0.2, 0.25) is 0 Å². The Balaban J connectivity index is 1.53. The van der Waals surface area contributed by atoms with E-state index in [1.54, 1.807) is 0 Å². The first-order valence-electron chi connectivity index (χ1n) is 10.3. The first kappa shape index (κ1) is 18.4. The molecule has 1 aliphatic carbocycles. The molecule has 0 saturated heterocycles. The van der Waals surface area contributed by atoms with E-state index in [4.69, 9.17) is 5.10 Å². The predicted molar refractivity (Wildman–Crippen MR) is 127 cm³/mol. The molecule has 5 rings (SSSR count). The lowest BCUT2D eigenvalue weighted by atomic mass is 9.82.